The summed E-state index contributed by atoms with van der Waals surface area (Å²) < 4.78 is 9.03. The largest absolute Gasteiger partial charge is 0.469 e. The van der Waals surface area contributed by atoms with E-state index < -0.39 is 0 Å². The molecule has 2 rings (SSSR count). The zero-order valence-electron chi connectivity index (χ0n) is 16.1. The quantitative estimate of drug-likeness (QED) is 0.610. The number of esters is 1. The number of rotatable bonds is 8. The van der Waals surface area contributed by atoms with Gasteiger partial charge in [0.15, 0.2) is 11.2 Å². The number of fused-ring (bicyclic) bond motifs is 1. The molecule has 2 heterocycles. The fourth-order valence-corrected chi connectivity index (χ4v) is 3.09. The summed E-state index contributed by atoms with van der Waals surface area (Å²) in [5.41, 5.74) is 0.112. The minimum atomic E-state index is -0.368. The van der Waals surface area contributed by atoms with Gasteiger partial charge in [0, 0.05) is 27.2 Å². The summed E-state index contributed by atoms with van der Waals surface area (Å²) in [5.74, 6) is -0.462. The van der Waals surface area contributed by atoms with Gasteiger partial charge in [0.25, 0.3) is 5.56 Å². The molecule has 1 atom stereocenters. The van der Waals surface area contributed by atoms with Gasteiger partial charge in [0.2, 0.25) is 0 Å². The van der Waals surface area contributed by atoms with Gasteiger partial charge in [-0.25, -0.2) is 9.78 Å². The maximum absolute atomic E-state index is 12.6. The van der Waals surface area contributed by atoms with Gasteiger partial charge < -0.3 is 14.2 Å². The number of carbonyl (C=O) groups excluding carboxylic acids is 1. The lowest BCUT2D eigenvalue weighted by Gasteiger charge is -2.23. The topological polar surface area (TPSA) is 91.4 Å². The van der Waals surface area contributed by atoms with E-state index in [-0.39, 0.29) is 23.1 Å². The molecule has 1 unspecified atom stereocenters. The molecular formula is C17H27N5O4. The highest BCUT2D eigenvalue weighted by atomic mass is 16.5. The van der Waals surface area contributed by atoms with Crippen LogP contribution in [0.5, 0.6) is 0 Å². The van der Waals surface area contributed by atoms with Crippen LogP contribution in [0.4, 0.5) is 0 Å². The van der Waals surface area contributed by atoms with E-state index in [9.17, 15) is 14.4 Å². The molecule has 144 valence electrons. The van der Waals surface area contributed by atoms with Gasteiger partial charge in [-0.1, -0.05) is 13.8 Å². The first-order valence-electron chi connectivity index (χ1n) is 8.72. The van der Waals surface area contributed by atoms with Crippen LogP contribution in [-0.2, 0) is 30.2 Å². The third-order valence-electron chi connectivity index (χ3n) is 4.64. The molecule has 2 aromatic heterocycles. The van der Waals surface area contributed by atoms with Gasteiger partial charge in [-0.05, 0) is 19.5 Å². The van der Waals surface area contributed by atoms with Gasteiger partial charge in [0.05, 0.1) is 19.4 Å². The van der Waals surface area contributed by atoms with Crippen molar-refractivity contribution in [2.75, 3.05) is 26.7 Å². The Labute approximate surface area is 151 Å². The maximum Gasteiger partial charge on any atom is 0.332 e. The lowest BCUT2D eigenvalue weighted by Crippen LogP contribution is -2.40. The lowest BCUT2D eigenvalue weighted by atomic mass is 10.1. The molecule has 0 bridgehead atoms. The number of hydrogen-bond acceptors (Lipinski definition) is 6. The molecule has 0 saturated carbocycles. The van der Waals surface area contributed by atoms with Crippen molar-refractivity contribution in [1.82, 2.24) is 23.6 Å². The number of aromatic nitrogens is 4. The van der Waals surface area contributed by atoms with Crippen LogP contribution in [0.15, 0.2) is 15.9 Å². The van der Waals surface area contributed by atoms with Crippen LogP contribution in [0, 0.1) is 5.92 Å². The second kappa shape index (κ2) is 8.31. The van der Waals surface area contributed by atoms with E-state index in [4.69, 9.17) is 4.74 Å². The SMILES string of the molecule is CCN(CCCn1c(=O)c2c(ncn2C)n(C)c1=O)CC(C)C(=O)OC. The number of carbonyl (C=O) groups is 1. The second-order valence-electron chi connectivity index (χ2n) is 6.50. The van der Waals surface area contributed by atoms with E-state index >= 15 is 0 Å². The molecule has 9 nitrogen and oxygen atoms in total. The van der Waals surface area contributed by atoms with Crippen molar-refractivity contribution in [3.05, 3.63) is 27.2 Å². The molecule has 0 amide bonds. The summed E-state index contributed by atoms with van der Waals surface area (Å²) in [5, 5.41) is 0. The molecule has 0 aromatic carbocycles. The normalized spacial score (nSPS) is 12.7. The third-order valence-corrected chi connectivity index (χ3v) is 4.64. The third kappa shape index (κ3) is 3.87. The number of ether oxygens (including phenoxy) is 1. The highest BCUT2D eigenvalue weighted by Gasteiger charge is 2.18. The number of imidazole rings is 1. The Morgan fingerprint density at radius 1 is 1.35 bits per heavy atom. The molecule has 26 heavy (non-hydrogen) atoms. The van der Waals surface area contributed by atoms with Crippen LogP contribution in [0.3, 0.4) is 0 Å². The molecule has 9 heteroatoms. The van der Waals surface area contributed by atoms with Crippen LogP contribution >= 0.6 is 0 Å². The minimum Gasteiger partial charge on any atom is -0.469 e. The van der Waals surface area contributed by atoms with E-state index in [2.05, 4.69) is 9.88 Å². The summed E-state index contributed by atoms with van der Waals surface area (Å²) in [6.45, 7) is 6.18. The van der Waals surface area contributed by atoms with Crippen LogP contribution in [0.2, 0.25) is 0 Å². The van der Waals surface area contributed by atoms with Gasteiger partial charge in [-0.2, -0.15) is 0 Å². The number of hydrogen-bond donors (Lipinski definition) is 0. The van der Waals surface area contributed by atoms with Crippen molar-refractivity contribution in [3.63, 3.8) is 0 Å². The molecule has 0 aliphatic carbocycles. The van der Waals surface area contributed by atoms with E-state index in [1.54, 1.807) is 18.7 Å². The average Bonchev–Trinajstić information content (AvgIpc) is 3.02. The Kier molecular flexibility index (Phi) is 6.36. The summed E-state index contributed by atoms with van der Waals surface area (Å²) in [7, 11) is 4.73. The van der Waals surface area contributed by atoms with Crippen LogP contribution < -0.4 is 11.2 Å². The minimum absolute atomic E-state index is 0.221. The lowest BCUT2D eigenvalue weighted by molar-refractivity contribution is -0.145. The van der Waals surface area contributed by atoms with Crippen molar-refractivity contribution in [2.24, 2.45) is 20.0 Å². The Morgan fingerprint density at radius 3 is 2.65 bits per heavy atom. The Hall–Kier alpha value is -2.42. The predicted molar refractivity (Wildman–Crippen MR) is 98.1 cm³/mol. The molecule has 0 aliphatic heterocycles. The molecule has 0 radical (unpaired) electrons. The molecular weight excluding hydrogens is 338 g/mol. The number of methoxy groups -OCH3 is 1. The van der Waals surface area contributed by atoms with Crippen LogP contribution in [-0.4, -0.2) is 56.3 Å². The molecule has 0 saturated heterocycles. The van der Waals surface area contributed by atoms with Gasteiger partial charge in [-0.15, -0.1) is 0 Å². The average molecular weight is 365 g/mol. The predicted octanol–water partition coefficient (Wildman–Crippen LogP) is -0.0452. The Balaban J connectivity index is 2.12. The summed E-state index contributed by atoms with van der Waals surface area (Å²) >= 11 is 0. The Morgan fingerprint density at radius 2 is 2.04 bits per heavy atom. The summed E-state index contributed by atoms with van der Waals surface area (Å²) in [6, 6.07) is 0. The van der Waals surface area contributed by atoms with Crippen molar-refractivity contribution in [2.45, 2.75) is 26.8 Å². The fraction of sp³-hybridized carbons (Fsp3) is 0.647. The highest BCUT2D eigenvalue weighted by molar-refractivity contribution is 5.72. The van der Waals surface area contributed by atoms with Gasteiger partial charge >= 0.3 is 11.7 Å². The molecule has 0 N–H and O–H groups in total. The molecule has 0 spiro atoms. The first-order chi connectivity index (χ1) is 12.3. The van der Waals surface area contributed by atoms with Crippen LogP contribution in [0.25, 0.3) is 11.2 Å². The summed E-state index contributed by atoms with van der Waals surface area (Å²) in [4.78, 5) is 42.9. The molecule has 0 fully saturated rings. The zero-order valence-corrected chi connectivity index (χ0v) is 16.1. The molecule has 2 aromatic rings. The van der Waals surface area contributed by atoms with Crippen molar-refractivity contribution >= 4 is 17.1 Å². The number of aryl methyl sites for hydroxylation is 2. The zero-order chi connectivity index (χ0) is 19.4. The first kappa shape index (κ1) is 19.9. The van der Waals surface area contributed by atoms with Crippen molar-refractivity contribution in [3.8, 4) is 0 Å². The van der Waals surface area contributed by atoms with Gasteiger partial charge in [-0.3, -0.25) is 18.7 Å². The second-order valence-corrected chi connectivity index (χ2v) is 6.50. The van der Waals surface area contributed by atoms with Crippen LogP contribution in [0.1, 0.15) is 20.3 Å². The fourth-order valence-electron chi connectivity index (χ4n) is 3.09. The first-order valence-corrected chi connectivity index (χ1v) is 8.72. The van der Waals surface area contributed by atoms with Gasteiger partial charge in [0.1, 0.15) is 0 Å². The standard InChI is InChI=1S/C17H27N5O4/c1-6-21(10-12(2)16(24)26-5)8-7-9-22-15(23)13-14(18-11-19(13)3)20(4)17(22)25/h11-12H,6-10H2,1-5H3. The summed E-state index contributed by atoms with van der Waals surface area (Å²) in [6.07, 6.45) is 2.16. The number of nitrogens with zero attached hydrogens (tertiary/aromatic N) is 5. The van der Waals surface area contributed by atoms with E-state index in [0.717, 1.165) is 6.54 Å². The maximum atomic E-state index is 12.6. The van der Waals surface area contributed by atoms with E-state index in [1.807, 2.05) is 13.8 Å². The Bertz CT molecular complexity index is 895. The van der Waals surface area contributed by atoms with E-state index in [1.165, 1.54) is 22.6 Å². The van der Waals surface area contributed by atoms with Crippen molar-refractivity contribution < 1.29 is 9.53 Å². The molecule has 0 aliphatic rings. The smallest absolute Gasteiger partial charge is 0.332 e. The van der Waals surface area contributed by atoms with Crippen molar-refractivity contribution in [1.29, 1.82) is 0 Å². The van der Waals surface area contributed by atoms with E-state index in [0.29, 0.717) is 37.2 Å². The monoisotopic (exact) mass is 365 g/mol. The highest BCUT2D eigenvalue weighted by Crippen LogP contribution is 2.05.